The highest BCUT2D eigenvalue weighted by molar-refractivity contribution is 5.94. The van der Waals surface area contributed by atoms with Crippen molar-refractivity contribution in [3.05, 3.63) is 69.1 Å². The van der Waals surface area contributed by atoms with E-state index in [0.29, 0.717) is 48.6 Å². The Kier molecular flexibility index (Phi) is 5.76. The van der Waals surface area contributed by atoms with Gasteiger partial charge >= 0.3 is 5.97 Å². The number of benzene rings is 1. The van der Waals surface area contributed by atoms with Crippen LogP contribution in [-0.2, 0) is 0 Å². The van der Waals surface area contributed by atoms with Gasteiger partial charge in [0.1, 0.15) is 11.5 Å². The molecule has 0 unspecified atom stereocenters. The van der Waals surface area contributed by atoms with Gasteiger partial charge in [-0.2, -0.15) is 0 Å². The minimum Gasteiger partial charge on any atom is -0.478 e. The first-order valence-electron chi connectivity index (χ1n) is 12.2. The molecule has 1 aromatic carbocycles. The van der Waals surface area contributed by atoms with Gasteiger partial charge in [0.05, 0.1) is 17.2 Å². The number of carbonyl (C=O) groups is 1. The van der Waals surface area contributed by atoms with Crippen LogP contribution in [0.5, 0.6) is 0 Å². The van der Waals surface area contributed by atoms with Crippen molar-refractivity contribution in [2.45, 2.75) is 58.4 Å². The Morgan fingerprint density at radius 3 is 2.47 bits per heavy atom. The number of aryl methyl sites for hydroxylation is 1. The summed E-state index contributed by atoms with van der Waals surface area (Å²) in [6.07, 6.45) is 2.97. The second-order valence-electron chi connectivity index (χ2n) is 10.4. The van der Waals surface area contributed by atoms with E-state index in [-0.39, 0.29) is 35.4 Å². The number of anilines is 2. The van der Waals surface area contributed by atoms with Crippen LogP contribution in [0.4, 0.5) is 20.3 Å². The second-order valence-corrected chi connectivity index (χ2v) is 10.4. The van der Waals surface area contributed by atoms with Gasteiger partial charge in [-0.05, 0) is 62.8 Å². The second kappa shape index (κ2) is 8.57. The molecule has 1 saturated heterocycles. The van der Waals surface area contributed by atoms with Gasteiger partial charge in [0, 0.05) is 43.4 Å². The zero-order valence-corrected chi connectivity index (χ0v) is 20.6. The number of alkyl halides is 2. The predicted octanol–water partition coefficient (Wildman–Crippen LogP) is 5.20. The lowest BCUT2D eigenvalue weighted by atomic mass is 9.61. The number of carboxylic acid groups (broad SMARTS) is 1. The standard InChI is InChI=1S/C27H30F2N4O3/c1-16-12-20(18(3)30-21-7-5-4-6-19(21)25(35)36)23-31-22(17(2)24(34)33(23)13-16)32-10-8-26(9-11-32)14-27(28,29)15-26/h4-7,12-13,18,30H,8-11,14-15H2,1-3H3,(H,35,36)/t18-/m1/s1. The number of nitrogens with zero attached hydrogens (tertiary/aromatic N) is 3. The van der Waals surface area contributed by atoms with Gasteiger partial charge in [0.2, 0.25) is 5.92 Å². The molecule has 1 atom stereocenters. The van der Waals surface area contributed by atoms with Crippen LogP contribution in [0.25, 0.3) is 5.65 Å². The van der Waals surface area contributed by atoms with Crippen LogP contribution in [0.2, 0.25) is 0 Å². The Bertz CT molecular complexity index is 1400. The molecule has 5 rings (SSSR count). The maximum atomic E-state index is 13.5. The van der Waals surface area contributed by atoms with E-state index in [9.17, 15) is 23.5 Å². The lowest BCUT2D eigenvalue weighted by Gasteiger charge is -2.52. The number of nitrogens with one attached hydrogen (secondary N) is 1. The molecular formula is C27H30F2N4O3. The summed E-state index contributed by atoms with van der Waals surface area (Å²) in [4.78, 5) is 32.0. The SMILES string of the molecule is Cc1cc([C@@H](C)Nc2ccccc2C(=O)O)c2nc(N3CCC4(CC3)CC(F)(F)C4)c(C)c(=O)n2c1. The minimum absolute atomic E-state index is 0.0505. The van der Waals surface area contributed by atoms with Crippen molar-refractivity contribution < 1.29 is 18.7 Å². The number of hydrogen-bond acceptors (Lipinski definition) is 5. The van der Waals surface area contributed by atoms with Crippen LogP contribution >= 0.6 is 0 Å². The Morgan fingerprint density at radius 2 is 1.83 bits per heavy atom. The third-order valence-corrected chi connectivity index (χ3v) is 7.68. The maximum Gasteiger partial charge on any atom is 0.337 e. The van der Waals surface area contributed by atoms with Crippen LogP contribution in [0.3, 0.4) is 0 Å². The Morgan fingerprint density at radius 1 is 1.17 bits per heavy atom. The van der Waals surface area contributed by atoms with Crippen LogP contribution in [0.1, 0.15) is 65.7 Å². The molecule has 36 heavy (non-hydrogen) atoms. The van der Waals surface area contributed by atoms with Crippen LogP contribution in [-0.4, -0.2) is 39.5 Å². The highest BCUT2D eigenvalue weighted by Gasteiger charge is 2.56. The Hall–Kier alpha value is -3.49. The molecule has 1 aliphatic heterocycles. The van der Waals surface area contributed by atoms with Gasteiger partial charge in [0.25, 0.3) is 5.56 Å². The fourth-order valence-electron chi connectivity index (χ4n) is 5.81. The van der Waals surface area contributed by atoms with E-state index in [2.05, 4.69) is 5.32 Å². The van der Waals surface area contributed by atoms with E-state index < -0.39 is 11.9 Å². The molecule has 1 aliphatic carbocycles. The van der Waals surface area contributed by atoms with Crippen LogP contribution in [0.15, 0.2) is 41.3 Å². The van der Waals surface area contributed by atoms with Crippen LogP contribution in [0, 0.1) is 19.3 Å². The molecule has 2 aromatic heterocycles. The van der Waals surface area contributed by atoms with Crippen LogP contribution < -0.4 is 15.8 Å². The average Bonchev–Trinajstić information content (AvgIpc) is 2.81. The molecule has 3 aromatic rings. The topological polar surface area (TPSA) is 86.9 Å². The molecule has 190 valence electrons. The molecule has 0 radical (unpaired) electrons. The van der Waals surface area contributed by atoms with Gasteiger partial charge in [-0.3, -0.25) is 9.20 Å². The van der Waals surface area contributed by atoms with E-state index in [1.807, 2.05) is 24.8 Å². The summed E-state index contributed by atoms with van der Waals surface area (Å²) in [5.74, 6) is -2.99. The first-order valence-corrected chi connectivity index (χ1v) is 12.2. The molecule has 2 fully saturated rings. The molecule has 2 aliphatic rings. The third kappa shape index (κ3) is 4.20. The summed E-state index contributed by atoms with van der Waals surface area (Å²) < 4.78 is 28.6. The smallest absolute Gasteiger partial charge is 0.337 e. The number of carboxylic acids is 1. The van der Waals surface area contributed by atoms with Gasteiger partial charge in [-0.25, -0.2) is 18.6 Å². The zero-order chi connectivity index (χ0) is 25.8. The predicted molar refractivity (Wildman–Crippen MR) is 134 cm³/mol. The zero-order valence-electron chi connectivity index (χ0n) is 20.6. The molecule has 2 N–H and O–H groups in total. The van der Waals surface area contributed by atoms with E-state index >= 15 is 0 Å². The van der Waals surface area contributed by atoms with Crippen molar-refractivity contribution >= 4 is 23.1 Å². The highest BCUT2D eigenvalue weighted by Crippen LogP contribution is 2.57. The molecule has 0 bridgehead atoms. The number of pyridine rings is 1. The number of rotatable bonds is 5. The molecule has 1 saturated carbocycles. The molecule has 3 heterocycles. The molecule has 1 spiro atoms. The summed E-state index contributed by atoms with van der Waals surface area (Å²) in [5.41, 5.74) is 2.83. The Labute approximate surface area is 207 Å². The fourth-order valence-corrected chi connectivity index (χ4v) is 5.81. The average molecular weight is 497 g/mol. The number of aromatic nitrogens is 2. The number of halogens is 2. The summed E-state index contributed by atoms with van der Waals surface area (Å²) in [6, 6.07) is 8.29. The maximum absolute atomic E-state index is 13.5. The quantitative estimate of drug-likeness (QED) is 0.505. The van der Waals surface area contributed by atoms with Gasteiger partial charge in [0.15, 0.2) is 0 Å². The van der Waals surface area contributed by atoms with Crippen molar-refractivity contribution in [2.24, 2.45) is 5.41 Å². The van der Waals surface area contributed by atoms with Crippen molar-refractivity contribution in [1.29, 1.82) is 0 Å². The number of para-hydroxylation sites is 1. The van der Waals surface area contributed by atoms with E-state index in [0.717, 1.165) is 11.1 Å². The van der Waals surface area contributed by atoms with Gasteiger partial charge < -0.3 is 15.3 Å². The third-order valence-electron chi connectivity index (χ3n) is 7.68. The largest absolute Gasteiger partial charge is 0.478 e. The summed E-state index contributed by atoms with van der Waals surface area (Å²) in [7, 11) is 0. The molecule has 9 heteroatoms. The van der Waals surface area contributed by atoms with Crippen molar-refractivity contribution in [3.8, 4) is 0 Å². The molecule has 7 nitrogen and oxygen atoms in total. The van der Waals surface area contributed by atoms with E-state index in [4.69, 9.17) is 4.98 Å². The lowest BCUT2D eigenvalue weighted by Crippen LogP contribution is -2.52. The summed E-state index contributed by atoms with van der Waals surface area (Å²) in [6.45, 7) is 6.72. The summed E-state index contributed by atoms with van der Waals surface area (Å²) >= 11 is 0. The molecular weight excluding hydrogens is 466 g/mol. The normalized spacial score (nSPS) is 19.2. The van der Waals surface area contributed by atoms with Gasteiger partial charge in [-0.15, -0.1) is 0 Å². The fraction of sp³-hybridized carbons (Fsp3) is 0.444. The number of aromatic carboxylic acids is 1. The lowest BCUT2D eigenvalue weighted by molar-refractivity contribution is -0.168. The first-order chi connectivity index (χ1) is 17.0. The Balaban J connectivity index is 1.50. The highest BCUT2D eigenvalue weighted by atomic mass is 19.3. The van der Waals surface area contributed by atoms with E-state index in [1.54, 1.807) is 35.7 Å². The van der Waals surface area contributed by atoms with Crippen molar-refractivity contribution in [1.82, 2.24) is 9.38 Å². The minimum atomic E-state index is -2.55. The number of hydrogen-bond donors (Lipinski definition) is 2. The van der Waals surface area contributed by atoms with Crippen molar-refractivity contribution in [2.75, 3.05) is 23.3 Å². The van der Waals surface area contributed by atoms with E-state index in [1.165, 1.54) is 6.07 Å². The first kappa shape index (κ1) is 24.2. The summed E-state index contributed by atoms with van der Waals surface area (Å²) in [5, 5.41) is 12.8. The number of fused-ring (bicyclic) bond motifs is 1. The monoisotopic (exact) mass is 496 g/mol. The number of piperidine rings is 1. The molecule has 0 amide bonds. The van der Waals surface area contributed by atoms with Gasteiger partial charge in [-0.1, -0.05) is 12.1 Å². The van der Waals surface area contributed by atoms with Crippen molar-refractivity contribution in [3.63, 3.8) is 0 Å².